The minimum Gasteiger partial charge on any atom is -0.333 e. The molecule has 0 aliphatic rings. The van der Waals surface area contributed by atoms with E-state index in [4.69, 9.17) is 0 Å². The molecule has 1 heterocycles. The Kier molecular flexibility index (Phi) is 5.02. The van der Waals surface area contributed by atoms with Crippen LogP contribution in [0, 0.1) is 10.1 Å². The molecule has 0 amide bonds. The minimum atomic E-state index is -3.79. The normalized spacial score (nSPS) is 11.7. The monoisotopic (exact) mass is 378 g/mol. The number of nitrogens with zero attached hydrogens (tertiary/aromatic N) is 2. The molecule has 0 aliphatic carbocycles. The lowest BCUT2D eigenvalue weighted by molar-refractivity contribution is -0.385. The molecule has 0 spiro atoms. The number of aromatic amines is 1. The van der Waals surface area contributed by atoms with Crippen molar-refractivity contribution in [2.24, 2.45) is 0 Å². The predicted molar refractivity (Wildman–Crippen MR) is 95.1 cm³/mol. The second-order valence-corrected chi connectivity index (χ2v) is 7.91. The standard InChI is InChI=1S/C15H14N4O4S2/c20-19(21)11-4-3-5-12(10-11)25(22,23)16-8-9-24-15-17-13-6-1-2-7-14(13)18-15/h1-7,10,16H,8-9H2,(H,17,18). The zero-order chi connectivity index (χ0) is 17.9. The van der Waals surface area contributed by atoms with Crippen molar-refractivity contribution >= 4 is 38.5 Å². The van der Waals surface area contributed by atoms with Gasteiger partial charge in [-0.15, -0.1) is 0 Å². The largest absolute Gasteiger partial charge is 0.333 e. The zero-order valence-electron chi connectivity index (χ0n) is 12.9. The fourth-order valence-corrected chi connectivity index (χ4v) is 4.11. The number of imidazole rings is 1. The molecule has 0 saturated carbocycles. The van der Waals surface area contributed by atoms with Crippen LogP contribution in [0.3, 0.4) is 0 Å². The molecule has 2 aromatic carbocycles. The van der Waals surface area contributed by atoms with Gasteiger partial charge in [0.25, 0.3) is 5.69 Å². The Morgan fingerprint density at radius 1 is 1.20 bits per heavy atom. The quantitative estimate of drug-likeness (QED) is 0.282. The molecule has 0 fully saturated rings. The lowest BCUT2D eigenvalue weighted by Gasteiger charge is -2.06. The number of hydrogen-bond acceptors (Lipinski definition) is 6. The first-order valence-corrected chi connectivity index (χ1v) is 9.74. The van der Waals surface area contributed by atoms with Gasteiger partial charge < -0.3 is 4.98 Å². The van der Waals surface area contributed by atoms with Gasteiger partial charge >= 0.3 is 0 Å². The van der Waals surface area contributed by atoms with Crippen molar-refractivity contribution in [2.75, 3.05) is 12.3 Å². The summed E-state index contributed by atoms with van der Waals surface area (Å²) in [5.74, 6) is 0.466. The van der Waals surface area contributed by atoms with Gasteiger partial charge in [-0.3, -0.25) is 10.1 Å². The molecule has 1 aromatic heterocycles. The highest BCUT2D eigenvalue weighted by molar-refractivity contribution is 7.99. The number of hydrogen-bond donors (Lipinski definition) is 2. The highest BCUT2D eigenvalue weighted by Gasteiger charge is 2.17. The summed E-state index contributed by atoms with van der Waals surface area (Å²) in [6, 6.07) is 12.5. The van der Waals surface area contributed by atoms with Gasteiger partial charge in [0.1, 0.15) is 0 Å². The number of rotatable bonds is 7. The van der Waals surface area contributed by atoms with E-state index in [-0.39, 0.29) is 17.1 Å². The molecule has 0 unspecified atom stereocenters. The summed E-state index contributed by atoms with van der Waals surface area (Å²) in [5, 5.41) is 11.5. The Hall–Kier alpha value is -2.43. The van der Waals surface area contributed by atoms with Gasteiger partial charge in [-0.1, -0.05) is 30.0 Å². The number of nitrogens with one attached hydrogen (secondary N) is 2. The van der Waals surface area contributed by atoms with Crippen LogP contribution in [0.1, 0.15) is 0 Å². The number of para-hydroxylation sites is 2. The molecule has 3 rings (SSSR count). The van der Waals surface area contributed by atoms with Crippen molar-refractivity contribution in [3.05, 3.63) is 58.6 Å². The highest BCUT2D eigenvalue weighted by atomic mass is 32.2. The minimum absolute atomic E-state index is 0.129. The van der Waals surface area contributed by atoms with E-state index in [1.165, 1.54) is 30.0 Å². The van der Waals surface area contributed by atoms with Gasteiger partial charge in [-0.25, -0.2) is 18.1 Å². The molecule has 8 nitrogen and oxygen atoms in total. The highest BCUT2D eigenvalue weighted by Crippen LogP contribution is 2.19. The van der Waals surface area contributed by atoms with Crippen LogP contribution >= 0.6 is 11.8 Å². The van der Waals surface area contributed by atoms with E-state index < -0.39 is 14.9 Å². The van der Waals surface area contributed by atoms with Gasteiger partial charge in [0.2, 0.25) is 10.0 Å². The van der Waals surface area contributed by atoms with E-state index in [1.807, 2.05) is 24.3 Å². The number of nitro benzene ring substituents is 1. The molecular weight excluding hydrogens is 364 g/mol. The van der Waals surface area contributed by atoms with Crippen LogP contribution < -0.4 is 4.72 Å². The number of nitro groups is 1. The van der Waals surface area contributed by atoms with Crippen molar-refractivity contribution in [1.29, 1.82) is 0 Å². The summed E-state index contributed by atoms with van der Waals surface area (Å²) in [7, 11) is -3.79. The Bertz CT molecular complexity index is 984. The van der Waals surface area contributed by atoms with Crippen LogP contribution in [-0.4, -0.2) is 35.6 Å². The molecule has 130 valence electrons. The molecule has 0 atom stereocenters. The van der Waals surface area contributed by atoms with E-state index in [1.54, 1.807) is 0 Å². The topological polar surface area (TPSA) is 118 Å². The van der Waals surface area contributed by atoms with Crippen molar-refractivity contribution in [3.63, 3.8) is 0 Å². The number of non-ortho nitro benzene ring substituents is 1. The summed E-state index contributed by atoms with van der Waals surface area (Å²) in [5.41, 5.74) is 1.50. The zero-order valence-corrected chi connectivity index (χ0v) is 14.5. The van der Waals surface area contributed by atoms with Crippen molar-refractivity contribution < 1.29 is 13.3 Å². The van der Waals surface area contributed by atoms with E-state index >= 15 is 0 Å². The lowest BCUT2D eigenvalue weighted by atomic mass is 10.3. The second-order valence-electron chi connectivity index (χ2n) is 5.06. The van der Waals surface area contributed by atoms with Crippen LogP contribution in [0.25, 0.3) is 11.0 Å². The first-order valence-electron chi connectivity index (χ1n) is 7.27. The van der Waals surface area contributed by atoms with E-state index in [0.717, 1.165) is 17.1 Å². The third-order valence-electron chi connectivity index (χ3n) is 3.34. The van der Waals surface area contributed by atoms with Crippen LogP contribution in [0.4, 0.5) is 5.69 Å². The third-order valence-corrected chi connectivity index (χ3v) is 5.67. The molecule has 25 heavy (non-hydrogen) atoms. The van der Waals surface area contributed by atoms with Gasteiger partial charge in [0.05, 0.1) is 20.9 Å². The smallest absolute Gasteiger partial charge is 0.270 e. The summed E-state index contributed by atoms with van der Waals surface area (Å²) in [6.07, 6.45) is 0. The van der Waals surface area contributed by atoms with Crippen molar-refractivity contribution in [3.8, 4) is 0 Å². The molecule has 2 N–H and O–H groups in total. The Morgan fingerprint density at radius 3 is 2.76 bits per heavy atom. The van der Waals surface area contributed by atoms with Gasteiger partial charge in [0, 0.05) is 24.4 Å². The number of benzene rings is 2. The summed E-state index contributed by atoms with van der Waals surface area (Å²) < 4.78 is 26.8. The van der Waals surface area contributed by atoms with Crippen molar-refractivity contribution in [2.45, 2.75) is 10.1 Å². The molecular formula is C15H14N4O4S2. The number of H-pyrrole nitrogens is 1. The molecule has 0 aliphatic heterocycles. The second kappa shape index (κ2) is 7.21. The number of aromatic nitrogens is 2. The fraction of sp³-hybridized carbons (Fsp3) is 0.133. The summed E-state index contributed by atoms with van der Waals surface area (Å²) >= 11 is 1.39. The van der Waals surface area contributed by atoms with Crippen LogP contribution in [-0.2, 0) is 10.0 Å². The van der Waals surface area contributed by atoms with Crippen LogP contribution in [0.15, 0.2) is 58.6 Å². The number of sulfonamides is 1. The van der Waals surface area contributed by atoms with E-state index in [0.29, 0.717) is 10.9 Å². The SMILES string of the molecule is O=[N+]([O-])c1cccc(S(=O)(=O)NCCSc2nc3ccccc3[nH]2)c1. The number of thioether (sulfide) groups is 1. The van der Waals surface area contributed by atoms with Crippen molar-refractivity contribution in [1.82, 2.24) is 14.7 Å². The molecule has 0 radical (unpaired) electrons. The third kappa shape index (κ3) is 4.16. The first kappa shape index (κ1) is 17.4. The summed E-state index contributed by atoms with van der Waals surface area (Å²) in [6.45, 7) is 0.173. The first-order chi connectivity index (χ1) is 12.0. The Balaban J connectivity index is 1.59. The molecule has 0 saturated heterocycles. The molecule has 10 heteroatoms. The van der Waals surface area contributed by atoms with Gasteiger partial charge in [-0.2, -0.15) is 0 Å². The average molecular weight is 378 g/mol. The molecule has 3 aromatic rings. The lowest BCUT2D eigenvalue weighted by Crippen LogP contribution is -2.26. The van der Waals surface area contributed by atoms with E-state index in [9.17, 15) is 18.5 Å². The van der Waals surface area contributed by atoms with Crippen LogP contribution in [0.5, 0.6) is 0 Å². The van der Waals surface area contributed by atoms with Gasteiger partial charge in [0.15, 0.2) is 5.16 Å². The average Bonchev–Trinajstić information content (AvgIpc) is 3.01. The number of fused-ring (bicyclic) bond motifs is 1. The van der Waals surface area contributed by atoms with Gasteiger partial charge in [-0.05, 0) is 18.2 Å². The maximum atomic E-state index is 12.2. The van der Waals surface area contributed by atoms with E-state index in [2.05, 4.69) is 14.7 Å². The summed E-state index contributed by atoms with van der Waals surface area (Å²) in [4.78, 5) is 17.5. The van der Waals surface area contributed by atoms with Crippen LogP contribution in [0.2, 0.25) is 0 Å². The predicted octanol–water partition coefficient (Wildman–Crippen LogP) is 2.54. The molecule has 0 bridgehead atoms. The fourth-order valence-electron chi connectivity index (χ4n) is 2.17. The Labute approximate surface area is 147 Å². The maximum Gasteiger partial charge on any atom is 0.270 e. The maximum absolute atomic E-state index is 12.2. The Morgan fingerprint density at radius 2 is 2.00 bits per heavy atom.